The number of hydrogen-bond donors (Lipinski definition) is 1. The number of sulfonamides is 1. The Labute approximate surface area is 165 Å². The molecule has 7 heteroatoms. The molecule has 0 spiro atoms. The minimum absolute atomic E-state index is 0.198. The first-order chi connectivity index (χ1) is 13.4. The lowest BCUT2D eigenvalue weighted by molar-refractivity contribution is 0.340. The molecule has 3 rings (SSSR count). The molecule has 0 aliphatic heterocycles. The summed E-state index contributed by atoms with van der Waals surface area (Å²) in [6.07, 6.45) is 0.606. The second-order valence-corrected chi connectivity index (χ2v) is 8.15. The van der Waals surface area contributed by atoms with E-state index in [1.165, 1.54) is 0 Å². The highest BCUT2D eigenvalue weighted by Gasteiger charge is 2.19. The zero-order chi connectivity index (χ0) is 20.1. The Morgan fingerprint density at radius 2 is 1.82 bits per heavy atom. The monoisotopic (exact) mass is 400 g/mol. The van der Waals surface area contributed by atoms with Crippen molar-refractivity contribution in [1.29, 1.82) is 0 Å². The van der Waals surface area contributed by atoms with E-state index >= 15 is 0 Å². The van der Waals surface area contributed by atoms with E-state index < -0.39 is 10.0 Å². The minimum atomic E-state index is -3.69. The van der Waals surface area contributed by atoms with Crippen LogP contribution in [0.4, 0.5) is 0 Å². The Balaban J connectivity index is 1.83. The lowest BCUT2D eigenvalue weighted by Gasteiger charge is -2.12. The lowest BCUT2D eigenvalue weighted by atomic mass is 10.1. The summed E-state index contributed by atoms with van der Waals surface area (Å²) < 4.78 is 39.3. The van der Waals surface area contributed by atoms with E-state index in [0.29, 0.717) is 24.4 Å². The topological polar surface area (TPSA) is 81.4 Å². The Bertz CT molecular complexity index is 1040. The molecule has 0 atom stereocenters. The van der Waals surface area contributed by atoms with Gasteiger partial charge in [0.2, 0.25) is 10.0 Å². The van der Waals surface area contributed by atoms with Gasteiger partial charge < -0.3 is 9.26 Å². The van der Waals surface area contributed by atoms with Crippen molar-refractivity contribution in [3.05, 3.63) is 65.4 Å². The molecule has 0 aliphatic carbocycles. The van der Waals surface area contributed by atoms with Gasteiger partial charge in [0.15, 0.2) is 5.76 Å². The molecule has 0 saturated carbocycles. The summed E-state index contributed by atoms with van der Waals surface area (Å²) >= 11 is 0. The molecule has 1 aromatic heterocycles. The van der Waals surface area contributed by atoms with E-state index in [4.69, 9.17) is 9.26 Å². The fourth-order valence-corrected chi connectivity index (χ4v) is 4.23. The SMILES string of the molecule is CCOc1ccc(CNS(=O)(=O)c2cc(-c3cc(C)no3)ccc2CC)cc1. The number of nitrogens with zero attached hydrogens (tertiary/aromatic N) is 1. The highest BCUT2D eigenvalue weighted by Crippen LogP contribution is 2.26. The zero-order valence-corrected chi connectivity index (χ0v) is 17.0. The summed E-state index contributed by atoms with van der Waals surface area (Å²) in [5.74, 6) is 1.31. The standard InChI is InChI=1S/C21H24N2O4S/c1-4-17-8-9-18(20-12-15(3)23-27-20)13-21(17)28(24,25)22-14-16-6-10-19(11-7-16)26-5-2/h6-13,22H,4-5,14H2,1-3H3. The van der Waals surface area contributed by atoms with Gasteiger partial charge in [0, 0.05) is 18.2 Å². The first kappa shape index (κ1) is 20.1. The molecular weight excluding hydrogens is 376 g/mol. The summed E-state index contributed by atoms with van der Waals surface area (Å²) in [6, 6.07) is 14.5. The van der Waals surface area contributed by atoms with Crippen molar-refractivity contribution in [2.45, 2.75) is 38.6 Å². The molecule has 0 radical (unpaired) electrons. The van der Waals surface area contributed by atoms with Crippen LogP contribution in [-0.2, 0) is 23.0 Å². The molecule has 0 amide bonds. The highest BCUT2D eigenvalue weighted by atomic mass is 32.2. The van der Waals surface area contributed by atoms with E-state index in [0.717, 1.165) is 22.6 Å². The van der Waals surface area contributed by atoms with Crippen LogP contribution < -0.4 is 9.46 Å². The van der Waals surface area contributed by atoms with Crippen LogP contribution >= 0.6 is 0 Å². The molecule has 2 aromatic carbocycles. The molecule has 28 heavy (non-hydrogen) atoms. The quantitative estimate of drug-likeness (QED) is 0.616. The molecular formula is C21H24N2O4S. The second kappa shape index (κ2) is 8.58. The van der Waals surface area contributed by atoms with Gasteiger partial charge in [-0.3, -0.25) is 0 Å². The Hall–Kier alpha value is -2.64. The number of nitrogens with one attached hydrogen (secondary N) is 1. The summed E-state index contributed by atoms with van der Waals surface area (Å²) in [4.78, 5) is 0.257. The smallest absolute Gasteiger partial charge is 0.241 e. The summed E-state index contributed by atoms with van der Waals surface area (Å²) in [5, 5.41) is 3.87. The van der Waals surface area contributed by atoms with Crippen LogP contribution in [0.5, 0.6) is 5.75 Å². The number of rotatable bonds is 8. The normalized spacial score (nSPS) is 11.5. The number of benzene rings is 2. The van der Waals surface area contributed by atoms with Crippen LogP contribution in [0.2, 0.25) is 0 Å². The van der Waals surface area contributed by atoms with Crippen molar-refractivity contribution in [2.75, 3.05) is 6.61 Å². The summed E-state index contributed by atoms with van der Waals surface area (Å²) in [7, 11) is -3.69. The van der Waals surface area contributed by atoms with Crippen molar-refractivity contribution in [2.24, 2.45) is 0 Å². The van der Waals surface area contributed by atoms with Crippen LogP contribution in [0.25, 0.3) is 11.3 Å². The van der Waals surface area contributed by atoms with Gasteiger partial charge in [-0.1, -0.05) is 36.3 Å². The Kier molecular flexibility index (Phi) is 6.16. The third-order valence-corrected chi connectivity index (χ3v) is 5.83. The average molecular weight is 401 g/mol. The van der Waals surface area contributed by atoms with E-state index in [1.54, 1.807) is 12.1 Å². The number of aryl methyl sites for hydroxylation is 2. The van der Waals surface area contributed by atoms with Crippen molar-refractivity contribution in [3.63, 3.8) is 0 Å². The number of aromatic nitrogens is 1. The van der Waals surface area contributed by atoms with Gasteiger partial charge in [-0.15, -0.1) is 0 Å². The predicted octanol–water partition coefficient (Wildman–Crippen LogP) is 4.09. The van der Waals surface area contributed by atoms with Gasteiger partial charge in [0.25, 0.3) is 0 Å². The average Bonchev–Trinajstić information content (AvgIpc) is 3.13. The van der Waals surface area contributed by atoms with E-state index in [-0.39, 0.29) is 11.4 Å². The van der Waals surface area contributed by atoms with Gasteiger partial charge in [-0.05, 0) is 49.6 Å². The van der Waals surface area contributed by atoms with Gasteiger partial charge in [-0.25, -0.2) is 13.1 Å². The van der Waals surface area contributed by atoms with Gasteiger partial charge >= 0.3 is 0 Å². The lowest BCUT2D eigenvalue weighted by Crippen LogP contribution is -2.24. The minimum Gasteiger partial charge on any atom is -0.494 e. The van der Waals surface area contributed by atoms with E-state index in [1.807, 2.05) is 57.2 Å². The van der Waals surface area contributed by atoms with Crippen molar-refractivity contribution >= 4 is 10.0 Å². The Morgan fingerprint density at radius 3 is 2.43 bits per heavy atom. The van der Waals surface area contributed by atoms with Crippen LogP contribution in [0.1, 0.15) is 30.7 Å². The molecule has 0 fully saturated rings. The van der Waals surface area contributed by atoms with Crippen molar-refractivity contribution in [3.8, 4) is 17.1 Å². The predicted molar refractivity (Wildman–Crippen MR) is 108 cm³/mol. The van der Waals surface area contributed by atoms with Crippen molar-refractivity contribution in [1.82, 2.24) is 9.88 Å². The number of hydrogen-bond acceptors (Lipinski definition) is 5. The first-order valence-corrected chi connectivity index (χ1v) is 10.7. The molecule has 6 nitrogen and oxygen atoms in total. The van der Waals surface area contributed by atoms with E-state index in [9.17, 15) is 8.42 Å². The van der Waals surface area contributed by atoms with Crippen LogP contribution in [-0.4, -0.2) is 20.2 Å². The van der Waals surface area contributed by atoms with Gasteiger partial charge in [-0.2, -0.15) is 0 Å². The maximum atomic E-state index is 13.0. The molecule has 3 aromatic rings. The van der Waals surface area contributed by atoms with Crippen LogP contribution in [0.15, 0.2) is 57.9 Å². The molecule has 0 aliphatic rings. The van der Waals surface area contributed by atoms with Crippen LogP contribution in [0, 0.1) is 6.92 Å². The zero-order valence-electron chi connectivity index (χ0n) is 16.2. The van der Waals surface area contributed by atoms with Gasteiger partial charge in [0.05, 0.1) is 17.2 Å². The molecule has 148 valence electrons. The molecule has 1 heterocycles. The third-order valence-electron chi connectivity index (χ3n) is 4.35. The maximum Gasteiger partial charge on any atom is 0.241 e. The largest absolute Gasteiger partial charge is 0.494 e. The molecule has 0 bridgehead atoms. The van der Waals surface area contributed by atoms with E-state index in [2.05, 4.69) is 9.88 Å². The van der Waals surface area contributed by atoms with Gasteiger partial charge in [0.1, 0.15) is 5.75 Å². The summed E-state index contributed by atoms with van der Waals surface area (Å²) in [5.41, 5.74) is 3.03. The third kappa shape index (κ3) is 4.61. The van der Waals surface area contributed by atoms with Crippen LogP contribution in [0.3, 0.4) is 0 Å². The van der Waals surface area contributed by atoms with Crippen molar-refractivity contribution < 1.29 is 17.7 Å². The second-order valence-electron chi connectivity index (χ2n) is 6.41. The fourth-order valence-electron chi connectivity index (χ4n) is 2.88. The highest BCUT2D eigenvalue weighted by molar-refractivity contribution is 7.89. The summed E-state index contributed by atoms with van der Waals surface area (Å²) in [6.45, 7) is 6.46. The number of ether oxygens (including phenoxy) is 1. The first-order valence-electron chi connectivity index (χ1n) is 9.21. The molecule has 1 N–H and O–H groups in total. The maximum absolute atomic E-state index is 13.0. The fraction of sp³-hybridized carbons (Fsp3) is 0.286. The Morgan fingerprint density at radius 1 is 1.07 bits per heavy atom. The molecule has 0 saturated heterocycles. The molecule has 0 unspecified atom stereocenters.